The maximum atomic E-state index is 6.36. The van der Waals surface area contributed by atoms with Crippen molar-refractivity contribution in [2.24, 2.45) is 0 Å². The van der Waals surface area contributed by atoms with E-state index in [0.29, 0.717) is 5.92 Å². The molecule has 4 rings (SSSR count). The first kappa shape index (κ1) is 30.2. The molecule has 0 fully saturated rings. The van der Waals surface area contributed by atoms with Gasteiger partial charge in [-0.3, -0.25) is 0 Å². The first-order chi connectivity index (χ1) is 15.0. The van der Waals surface area contributed by atoms with Crippen LogP contribution < -0.4 is 0 Å². The van der Waals surface area contributed by atoms with E-state index in [0.717, 1.165) is 13.0 Å². The van der Waals surface area contributed by atoms with Crippen LogP contribution in [0.25, 0.3) is 11.6 Å². The van der Waals surface area contributed by atoms with Gasteiger partial charge in [0.25, 0.3) is 0 Å². The summed E-state index contributed by atoms with van der Waals surface area (Å²) in [5, 5.41) is 1.81. The average Bonchev–Trinajstić information content (AvgIpc) is 3.24. The molecule has 2 aromatic rings. The Labute approximate surface area is 228 Å². The molecule has 34 heavy (non-hydrogen) atoms. The zero-order valence-corrected chi connectivity index (χ0v) is 29.4. The third kappa shape index (κ3) is 5.32. The second kappa shape index (κ2) is 11.2. The van der Waals surface area contributed by atoms with E-state index in [2.05, 4.69) is 110 Å². The predicted molar refractivity (Wildman–Crippen MR) is 161 cm³/mol. The molecule has 0 aliphatic heterocycles. The van der Waals surface area contributed by atoms with E-state index >= 15 is 0 Å². The Morgan fingerprint density at radius 1 is 1.00 bits per heavy atom. The fourth-order valence-corrected chi connectivity index (χ4v) is 18.6. The predicted octanol–water partition coefficient (Wildman–Crippen LogP) is 7.37. The van der Waals surface area contributed by atoms with Crippen LogP contribution in [0.3, 0.4) is 0 Å². The summed E-state index contributed by atoms with van der Waals surface area (Å²) in [6.07, 6.45) is 6.15. The normalized spacial score (nSPS) is 21.2. The molecule has 2 aliphatic carbocycles. The largest absolute Gasteiger partial charge is 0.147 e. The molecule has 0 radical (unpaired) electrons. The van der Waals surface area contributed by atoms with E-state index < -0.39 is 36.0 Å². The molecule has 1 nitrogen and oxygen atoms in total. The van der Waals surface area contributed by atoms with Crippen molar-refractivity contribution in [3.8, 4) is 0 Å². The smallest absolute Gasteiger partial charge is 0.147 e. The Kier molecular flexibility index (Phi) is 9.93. The third-order valence-corrected chi connectivity index (χ3v) is 21.0. The topological polar surface area (TPSA) is 9.23 Å². The van der Waals surface area contributed by atoms with E-state index in [9.17, 15) is 0 Å². The SMILES string of the molecule is C[SiH](C)C1=C(CCO[Si](C)(C)C)c2ccccc2C1[C]1([Zr]([CH3])([CH3])=[SiH2])C=Cc2ccccc21.Cl.Cl. The maximum absolute atomic E-state index is 6.36. The molecule has 0 saturated heterocycles. The van der Waals surface area contributed by atoms with E-state index in [1.54, 1.807) is 16.7 Å². The van der Waals surface area contributed by atoms with Crippen LogP contribution in [-0.4, -0.2) is 30.6 Å². The number of benzene rings is 2. The van der Waals surface area contributed by atoms with E-state index in [-0.39, 0.29) is 27.9 Å². The van der Waals surface area contributed by atoms with Gasteiger partial charge in [0.05, 0.1) is 0 Å². The first-order valence-electron chi connectivity index (χ1n) is 12.1. The van der Waals surface area contributed by atoms with E-state index in [4.69, 9.17) is 4.43 Å². The van der Waals surface area contributed by atoms with Crippen molar-refractivity contribution in [1.82, 2.24) is 0 Å². The van der Waals surface area contributed by atoms with Crippen molar-refractivity contribution >= 4 is 60.5 Å². The zero-order valence-electron chi connectivity index (χ0n) is 21.8. The van der Waals surface area contributed by atoms with Gasteiger partial charge in [-0.15, -0.1) is 24.8 Å². The second-order valence-corrected chi connectivity index (χ2v) is 40.7. The van der Waals surface area contributed by atoms with Gasteiger partial charge in [-0.25, -0.2) is 0 Å². The molecule has 2 atom stereocenters. The molecule has 0 heterocycles. The van der Waals surface area contributed by atoms with Crippen molar-refractivity contribution in [1.29, 1.82) is 0 Å². The molecule has 0 spiro atoms. The first-order valence-corrected chi connectivity index (χ1v) is 30.4. The Morgan fingerprint density at radius 2 is 1.62 bits per heavy atom. The Balaban J connectivity index is 0.00000204. The van der Waals surface area contributed by atoms with Crippen molar-refractivity contribution in [2.75, 3.05) is 6.61 Å². The van der Waals surface area contributed by atoms with Crippen molar-refractivity contribution in [3.63, 3.8) is 0 Å². The maximum Gasteiger partial charge on any atom is -0.147 e. The van der Waals surface area contributed by atoms with Gasteiger partial charge in [0.15, 0.2) is 0 Å². The van der Waals surface area contributed by atoms with Crippen LogP contribution in [0.2, 0.25) is 42.0 Å². The standard InChI is InChI=1S/C25H31OSi2.2CH3.2ClH.H2Si.Zr/c1-27(2)25-23(16-17-26-28(3,4)5)20-12-8-9-13-21(20)24(25)22-15-14-18-10-6-7-11-19(18)22;;;;;;/h6-15,24,27H,16-17H2,1-5H3;2*1H3;2*1H;1H2;. The van der Waals surface area contributed by atoms with Gasteiger partial charge in [0.2, 0.25) is 0 Å². The van der Waals surface area contributed by atoms with E-state index in [1.807, 2.05) is 5.20 Å². The Hall–Kier alpha value is -0.00623. The van der Waals surface area contributed by atoms with Crippen LogP contribution in [0.15, 0.2) is 59.8 Å². The summed E-state index contributed by atoms with van der Waals surface area (Å²) in [5.74, 6) is 0.510. The van der Waals surface area contributed by atoms with Gasteiger partial charge in [-0.05, 0) is 0 Å². The number of halogens is 2. The Bertz CT molecular complexity index is 1150. The van der Waals surface area contributed by atoms with Gasteiger partial charge >= 0.3 is 205 Å². The molecule has 0 saturated carbocycles. The summed E-state index contributed by atoms with van der Waals surface area (Å²) in [7, 11) is -2.57. The number of allylic oxidation sites excluding steroid dienone is 2. The monoisotopic (exact) mass is 625 g/mol. The van der Waals surface area contributed by atoms with Gasteiger partial charge in [-0.2, -0.15) is 0 Å². The molecule has 7 heteroatoms. The fraction of sp³-hybridized carbons (Fsp3) is 0.407. The summed E-state index contributed by atoms with van der Waals surface area (Å²) < 4.78 is 11.9. The average molecular weight is 628 g/mol. The number of hydrogen-bond donors (Lipinski definition) is 0. The fourth-order valence-electron chi connectivity index (χ4n) is 5.99. The van der Waals surface area contributed by atoms with Gasteiger partial charge < -0.3 is 0 Å². The molecular formula is C27H41Cl2OSi3Zr. The number of fused-ring (bicyclic) bond motifs is 2. The molecule has 185 valence electrons. The summed E-state index contributed by atoms with van der Waals surface area (Å²) >= 11 is -2.53. The zero-order chi connectivity index (χ0) is 23.3. The van der Waals surface area contributed by atoms with Crippen LogP contribution in [-0.2, 0) is 26.4 Å². The molecule has 2 aromatic carbocycles. The minimum Gasteiger partial charge on any atom is -0.147 e. The summed E-state index contributed by atoms with van der Waals surface area (Å²) in [6.45, 7) is 15.2. The van der Waals surface area contributed by atoms with E-state index in [1.165, 1.54) is 11.1 Å². The van der Waals surface area contributed by atoms with Crippen LogP contribution in [0.1, 0.15) is 34.6 Å². The number of rotatable bonds is 7. The molecule has 2 unspecified atom stereocenters. The minimum atomic E-state index is -2.53. The van der Waals surface area contributed by atoms with Crippen LogP contribution in [0, 0.1) is 0 Å². The molecule has 2 aliphatic rings. The molecule has 0 aromatic heterocycles. The quantitative estimate of drug-likeness (QED) is 0.292. The van der Waals surface area contributed by atoms with Gasteiger partial charge in [-0.1, -0.05) is 0 Å². The molecule has 0 amide bonds. The van der Waals surface area contributed by atoms with Crippen molar-refractivity contribution in [3.05, 3.63) is 82.1 Å². The summed E-state index contributed by atoms with van der Waals surface area (Å²) in [5.41, 5.74) is 7.78. The summed E-state index contributed by atoms with van der Waals surface area (Å²) in [4.78, 5) is 0. The van der Waals surface area contributed by atoms with Crippen LogP contribution in [0.5, 0.6) is 0 Å². The third-order valence-electron chi connectivity index (χ3n) is 7.27. The minimum absolute atomic E-state index is 0. The van der Waals surface area contributed by atoms with Crippen molar-refractivity contribution < 1.29 is 23.3 Å². The molecule has 0 bridgehead atoms. The van der Waals surface area contributed by atoms with Gasteiger partial charge in [0, 0.05) is 0 Å². The summed E-state index contributed by atoms with van der Waals surface area (Å²) in [6, 6.07) is 18.6. The number of hydrogen-bond acceptors (Lipinski definition) is 1. The van der Waals surface area contributed by atoms with Crippen molar-refractivity contribution in [2.45, 2.75) is 57.5 Å². The molecular weight excluding hydrogens is 587 g/mol. The van der Waals surface area contributed by atoms with Gasteiger partial charge in [0.1, 0.15) is 0 Å². The second-order valence-electron chi connectivity index (χ2n) is 11.5. The molecule has 0 N–H and O–H groups in total. The Morgan fingerprint density at radius 3 is 2.24 bits per heavy atom. The van der Waals surface area contributed by atoms with Crippen LogP contribution in [0.4, 0.5) is 0 Å². The van der Waals surface area contributed by atoms with Crippen LogP contribution >= 0.6 is 24.8 Å².